The van der Waals surface area contributed by atoms with Crippen molar-refractivity contribution >= 4 is 38.9 Å². The Balaban J connectivity index is 2.65. The molecule has 2 N–H and O–H groups in total. The summed E-state index contributed by atoms with van der Waals surface area (Å²) in [6, 6.07) is 2.31. The Morgan fingerprint density at radius 2 is 2.00 bits per heavy atom. The SMILES string of the molecule is COCCNC(=S)Nc1c(F)cc(Br)cc1F. The molecule has 0 aliphatic rings. The highest BCUT2D eigenvalue weighted by Gasteiger charge is 2.11. The first-order valence-corrected chi connectivity index (χ1v) is 5.93. The van der Waals surface area contributed by atoms with Gasteiger partial charge in [0.1, 0.15) is 5.69 Å². The van der Waals surface area contributed by atoms with Gasteiger partial charge >= 0.3 is 0 Å². The molecule has 0 heterocycles. The topological polar surface area (TPSA) is 33.3 Å². The van der Waals surface area contributed by atoms with Crippen molar-refractivity contribution in [3.63, 3.8) is 0 Å². The van der Waals surface area contributed by atoms with Gasteiger partial charge in [-0.2, -0.15) is 0 Å². The van der Waals surface area contributed by atoms with Crippen molar-refractivity contribution < 1.29 is 13.5 Å². The summed E-state index contributed by atoms with van der Waals surface area (Å²) < 4.78 is 32.0. The summed E-state index contributed by atoms with van der Waals surface area (Å²) in [6.45, 7) is 0.912. The number of anilines is 1. The number of benzene rings is 1. The van der Waals surface area contributed by atoms with Crippen molar-refractivity contribution in [3.05, 3.63) is 28.2 Å². The quantitative estimate of drug-likeness (QED) is 0.659. The van der Waals surface area contributed by atoms with Crippen LogP contribution in [0.4, 0.5) is 14.5 Å². The molecule has 1 aromatic rings. The largest absolute Gasteiger partial charge is 0.383 e. The third-order valence-electron chi connectivity index (χ3n) is 1.84. The van der Waals surface area contributed by atoms with Crippen LogP contribution in [-0.4, -0.2) is 25.4 Å². The molecule has 94 valence electrons. The van der Waals surface area contributed by atoms with Crippen LogP contribution in [0.2, 0.25) is 0 Å². The van der Waals surface area contributed by atoms with Gasteiger partial charge in [-0.25, -0.2) is 8.78 Å². The van der Waals surface area contributed by atoms with E-state index in [4.69, 9.17) is 17.0 Å². The van der Waals surface area contributed by atoms with Crippen molar-refractivity contribution in [2.24, 2.45) is 0 Å². The molecule has 0 spiro atoms. The van der Waals surface area contributed by atoms with Crippen LogP contribution in [0, 0.1) is 11.6 Å². The molecule has 0 saturated heterocycles. The summed E-state index contributed by atoms with van der Waals surface area (Å²) in [5.41, 5.74) is -0.275. The average molecular weight is 325 g/mol. The Morgan fingerprint density at radius 3 is 2.53 bits per heavy atom. The van der Waals surface area contributed by atoms with E-state index < -0.39 is 11.6 Å². The summed E-state index contributed by atoms with van der Waals surface area (Å²) in [6.07, 6.45) is 0. The third-order valence-corrected chi connectivity index (χ3v) is 2.54. The van der Waals surface area contributed by atoms with E-state index in [1.807, 2.05) is 0 Å². The normalized spacial score (nSPS) is 10.1. The first kappa shape index (κ1) is 14.3. The van der Waals surface area contributed by atoms with Crippen LogP contribution < -0.4 is 10.6 Å². The highest BCUT2D eigenvalue weighted by atomic mass is 79.9. The molecule has 0 radical (unpaired) electrons. The molecule has 0 aliphatic heterocycles. The highest BCUT2D eigenvalue weighted by Crippen LogP contribution is 2.23. The number of rotatable bonds is 4. The Morgan fingerprint density at radius 1 is 1.41 bits per heavy atom. The minimum Gasteiger partial charge on any atom is -0.383 e. The molecule has 1 aromatic carbocycles. The lowest BCUT2D eigenvalue weighted by Gasteiger charge is -2.11. The number of ether oxygens (including phenoxy) is 1. The van der Waals surface area contributed by atoms with Crippen LogP contribution >= 0.6 is 28.1 Å². The van der Waals surface area contributed by atoms with Gasteiger partial charge in [-0.15, -0.1) is 0 Å². The number of nitrogens with one attached hydrogen (secondary N) is 2. The number of methoxy groups -OCH3 is 1. The number of halogens is 3. The zero-order chi connectivity index (χ0) is 12.8. The second-order valence-corrected chi connectivity index (χ2v) is 4.44. The second kappa shape index (κ2) is 6.83. The van der Waals surface area contributed by atoms with Gasteiger partial charge in [-0.3, -0.25) is 0 Å². The summed E-state index contributed by atoms with van der Waals surface area (Å²) in [4.78, 5) is 0. The maximum Gasteiger partial charge on any atom is 0.171 e. The predicted molar refractivity (Wildman–Crippen MR) is 70.2 cm³/mol. The predicted octanol–water partition coefficient (Wildman–Crippen LogP) is 2.66. The van der Waals surface area contributed by atoms with Gasteiger partial charge in [0.25, 0.3) is 0 Å². The van der Waals surface area contributed by atoms with E-state index in [2.05, 4.69) is 26.6 Å². The molecule has 0 fully saturated rings. The van der Waals surface area contributed by atoms with Crippen LogP contribution in [0.1, 0.15) is 0 Å². The van der Waals surface area contributed by atoms with Crippen molar-refractivity contribution in [2.75, 3.05) is 25.6 Å². The minimum absolute atomic E-state index is 0.141. The summed E-state index contributed by atoms with van der Waals surface area (Å²) in [5.74, 6) is -1.43. The first-order valence-electron chi connectivity index (χ1n) is 4.73. The van der Waals surface area contributed by atoms with Crippen molar-refractivity contribution in [3.8, 4) is 0 Å². The van der Waals surface area contributed by atoms with Gasteiger partial charge in [-0.05, 0) is 24.4 Å². The van der Waals surface area contributed by atoms with E-state index in [0.717, 1.165) is 12.1 Å². The fourth-order valence-electron chi connectivity index (χ4n) is 1.09. The summed E-state index contributed by atoms with van der Waals surface area (Å²) in [7, 11) is 1.55. The van der Waals surface area contributed by atoms with Crippen LogP contribution in [0.5, 0.6) is 0 Å². The Hall–Kier alpha value is -0.790. The molecule has 0 aromatic heterocycles. The average Bonchev–Trinajstić information content (AvgIpc) is 2.24. The van der Waals surface area contributed by atoms with Crippen molar-refractivity contribution in [2.45, 2.75) is 0 Å². The zero-order valence-corrected chi connectivity index (χ0v) is 11.4. The van der Waals surface area contributed by atoms with E-state index in [9.17, 15) is 8.78 Å². The number of thiocarbonyl (C=S) groups is 1. The first-order chi connectivity index (χ1) is 8.04. The maximum absolute atomic E-state index is 13.4. The van der Waals surface area contributed by atoms with Crippen LogP contribution in [-0.2, 0) is 4.74 Å². The van der Waals surface area contributed by atoms with Crippen LogP contribution in [0.25, 0.3) is 0 Å². The fraction of sp³-hybridized carbons (Fsp3) is 0.300. The van der Waals surface area contributed by atoms with Gasteiger partial charge in [0.05, 0.1) is 6.61 Å². The van der Waals surface area contributed by atoms with Gasteiger partial charge in [0.2, 0.25) is 0 Å². The van der Waals surface area contributed by atoms with Gasteiger partial charge in [-0.1, -0.05) is 15.9 Å². The van der Waals surface area contributed by atoms with Gasteiger partial charge in [0.15, 0.2) is 16.7 Å². The molecule has 17 heavy (non-hydrogen) atoms. The molecule has 0 aliphatic carbocycles. The number of hydrogen-bond donors (Lipinski definition) is 2. The molecule has 0 amide bonds. The summed E-state index contributed by atoms with van der Waals surface area (Å²) >= 11 is 7.87. The lowest BCUT2D eigenvalue weighted by atomic mass is 10.3. The molecular weight excluding hydrogens is 314 g/mol. The number of hydrogen-bond acceptors (Lipinski definition) is 2. The fourth-order valence-corrected chi connectivity index (χ4v) is 1.69. The highest BCUT2D eigenvalue weighted by molar-refractivity contribution is 9.10. The molecule has 1 rings (SSSR count). The lowest BCUT2D eigenvalue weighted by molar-refractivity contribution is 0.204. The second-order valence-electron chi connectivity index (χ2n) is 3.12. The summed E-state index contributed by atoms with van der Waals surface area (Å²) in [5, 5.41) is 5.35. The molecule has 0 unspecified atom stereocenters. The van der Waals surface area contributed by atoms with Crippen LogP contribution in [0.15, 0.2) is 16.6 Å². The Bertz CT molecular complexity index is 394. The van der Waals surface area contributed by atoms with E-state index in [1.54, 1.807) is 7.11 Å². The van der Waals surface area contributed by atoms with E-state index >= 15 is 0 Å². The molecule has 3 nitrogen and oxygen atoms in total. The molecular formula is C10H11BrF2N2OS. The zero-order valence-electron chi connectivity index (χ0n) is 9.02. The van der Waals surface area contributed by atoms with Gasteiger partial charge < -0.3 is 15.4 Å². The molecule has 0 saturated carbocycles. The standard InChI is InChI=1S/C10H11BrF2N2OS/c1-16-3-2-14-10(17)15-9-7(12)4-6(11)5-8(9)13/h4-5H,2-3H2,1H3,(H2,14,15,17). The molecule has 0 bridgehead atoms. The van der Waals surface area contributed by atoms with Gasteiger partial charge in [0, 0.05) is 18.1 Å². The van der Waals surface area contributed by atoms with E-state index in [0.29, 0.717) is 17.6 Å². The molecule has 0 atom stereocenters. The van der Waals surface area contributed by atoms with E-state index in [-0.39, 0.29) is 10.8 Å². The molecule has 7 heteroatoms. The van der Waals surface area contributed by atoms with Crippen molar-refractivity contribution in [1.82, 2.24) is 5.32 Å². The Kier molecular flexibility index (Phi) is 5.73. The smallest absolute Gasteiger partial charge is 0.171 e. The van der Waals surface area contributed by atoms with Crippen LogP contribution in [0.3, 0.4) is 0 Å². The monoisotopic (exact) mass is 324 g/mol. The minimum atomic E-state index is -0.715. The lowest BCUT2D eigenvalue weighted by Crippen LogP contribution is -2.31. The third kappa shape index (κ3) is 4.53. The van der Waals surface area contributed by atoms with E-state index in [1.165, 1.54) is 0 Å². The van der Waals surface area contributed by atoms with Crippen molar-refractivity contribution in [1.29, 1.82) is 0 Å². The Labute approximate surface area is 112 Å². The maximum atomic E-state index is 13.4.